The average Bonchev–Trinajstić information content (AvgIpc) is 3.35. The number of amides is 4. The maximum atomic E-state index is 13.1. The molecule has 0 aliphatic carbocycles. The first-order valence-corrected chi connectivity index (χ1v) is 16.5. The topological polar surface area (TPSA) is 179 Å². The Morgan fingerprint density at radius 3 is 1.61 bits per heavy atom. The van der Waals surface area contributed by atoms with Crippen LogP contribution in [0, 0.1) is 0 Å². The van der Waals surface area contributed by atoms with Gasteiger partial charge in [-0.25, -0.2) is 0 Å². The van der Waals surface area contributed by atoms with Gasteiger partial charge in [0.2, 0.25) is 11.8 Å². The van der Waals surface area contributed by atoms with E-state index in [2.05, 4.69) is 17.2 Å². The number of anilines is 1. The van der Waals surface area contributed by atoms with E-state index in [1.165, 1.54) is 6.26 Å². The number of carbonyl (C=O) groups excluding carboxylic acids is 4. The van der Waals surface area contributed by atoms with Crippen molar-refractivity contribution in [2.75, 3.05) is 124 Å². The second kappa shape index (κ2) is 24.6. The van der Waals surface area contributed by atoms with Gasteiger partial charge in [0.15, 0.2) is 0 Å². The maximum Gasteiger partial charge on any atom is 0.264 e. The predicted octanol–water partition coefficient (Wildman–Crippen LogP) is 0.793. The van der Waals surface area contributed by atoms with Crippen molar-refractivity contribution >= 4 is 29.3 Å². The number of ether oxygens (including phenoxy) is 9. The van der Waals surface area contributed by atoms with Crippen LogP contribution in [-0.2, 0) is 52.2 Å². The van der Waals surface area contributed by atoms with E-state index in [0.717, 1.165) is 4.90 Å². The summed E-state index contributed by atoms with van der Waals surface area (Å²) in [6.07, 6.45) is 1.56. The Bertz CT molecular complexity index is 1170. The molecule has 0 aromatic heterocycles. The van der Waals surface area contributed by atoms with E-state index in [-0.39, 0.29) is 24.0 Å². The molecular weight excluding hydrogens is 646 g/mol. The molecule has 16 nitrogen and oxygen atoms in total. The first kappa shape index (κ1) is 40.0. The smallest absolute Gasteiger partial charge is 0.264 e. The van der Waals surface area contributed by atoms with Gasteiger partial charge in [-0.2, -0.15) is 0 Å². The Morgan fingerprint density at radius 1 is 0.673 bits per heavy atom. The highest BCUT2D eigenvalue weighted by atomic mass is 16.6. The minimum Gasteiger partial charge on any atom is -0.499 e. The summed E-state index contributed by atoms with van der Waals surface area (Å²) in [5.41, 5.74) is 0.910. The Hall–Kier alpha value is -3.48. The zero-order chi connectivity index (χ0) is 34.9. The van der Waals surface area contributed by atoms with Gasteiger partial charge >= 0.3 is 0 Å². The number of rotatable bonds is 30. The third kappa shape index (κ3) is 14.9. The fourth-order valence-corrected chi connectivity index (χ4v) is 4.75. The van der Waals surface area contributed by atoms with Crippen LogP contribution in [0.15, 0.2) is 31.0 Å². The number of hydrogen-bond acceptors (Lipinski definition) is 14. The van der Waals surface area contributed by atoms with Crippen molar-refractivity contribution in [2.45, 2.75) is 18.9 Å². The molecule has 1 unspecified atom stereocenters. The minimum absolute atomic E-state index is 0.0671. The molecule has 1 aromatic carbocycles. The summed E-state index contributed by atoms with van der Waals surface area (Å²) < 4.78 is 48.6. The van der Waals surface area contributed by atoms with Gasteiger partial charge in [0.05, 0.1) is 123 Å². The zero-order valence-corrected chi connectivity index (χ0v) is 28.0. The number of nitrogens with zero attached hydrogens (tertiary/aromatic N) is 1. The van der Waals surface area contributed by atoms with E-state index in [0.29, 0.717) is 125 Å². The largest absolute Gasteiger partial charge is 0.499 e. The predicted molar refractivity (Wildman–Crippen MR) is 174 cm³/mol. The Balaban J connectivity index is 1.07. The summed E-state index contributed by atoms with van der Waals surface area (Å²) >= 11 is 0. The Kier molecular flexibility index (Phi) is 20.1. The van der Waals surface area contributed by atoms with Crippen LogP contribution in [0.25, 0.3) is 0 Å². The van der Waals surface area contributed by atoms with Crippen molar-refractivity contribution in [1.82, 2.24) is 10.2 Å². The normalized spacial score (nSPS) is 15.8. The van der Waals surface area contributed by atoms with E-state index in [4.69, 9.17) is 42.6 Å². The summed E-state index contributed by atoms with van der Waals surface area (Å²) in [5.74, 6) is -2.16. The Labute approximate surface area is 286 Å². The fraction of sp³-hybridized carbons (Fsp3) is 0.636. The van der Waals surface area contributed by atoms with Crippen LogP contribution in [0.4, 0.5) is 5.69 Å². The highest BCUT2D eigenvalue weighted by Crippen LogP contribution is 2.32. The molecule has 49 heavy (non-hydrogen) atoms. The summed E-state index contributed by atoms with van der Waals surface area (Å²) in [7, 11) is 0. The number of carbonyl (C=O) groups is 4. The molecule has 2 aliphatic rings. The third-order valence-electron chi connectivity index (χ3n) is 7.10. The number of piperidine rings is 1. The third-order valence-corrected chi connectivity index (χ3v) is 7.10. The van der Waals surface area contributed by atoms with Crippen LogP contribution < -0.4 is 10.6 Å². The molecule has 2 heterocycles. The summed E-state index contributed by atoms with van der Waals surface area (Å²) in [6.45, 7) is 11.6. The van der Waals surface area contributed by atoms with Crippen LogP contribution in [0.3, 0.4) is 0 Å². The van der Waals surface area contributed by atoms with Crippen molar-refractivity contribution in [3.05, 3.63) is 42.2 Å². The van der Waals surface area contributed by atoms with Crippen molar-refractivity contribution < 1.29 is 61.8 Å². The van der Waals surface area contributed by atoms with Gasteiger partial charge in [-0.1, -0.05) is 12.6 Å². The Morgan fingerprint density at radius 2 is 1.14 bits per heavy atom. The van der Waals surface area contributed by atoms with Crippen LogP contribution in [-0.4, -0.2) is 153 Å². The second-order valence-electron chi connectivity index (χ2n) is 10.5. The lowest BCUT2D eigenvalue weighted by Crippen LogP contribution is -2.54. The van der Waals surface area contributed by atoms with Crippen LogP contribution in [0.5, 0.6) is 0 Å². The van der Waals surface area contributed by atoms with Gasteiger partial charge in [-0.05, 0) is 18.6 Å². The summed E-state index contributed by atoms with van der Waals surface area (Å²) in [4.78, 5) is 50.8. The lowest BCUT2D eigenvalue weighted by Gasteiger charge is -2.27. The van der Waals surface area contributed by atoms with Crippen LogP contribution in [0.2, 0.25) is 0 Å². The SMILES string of the molecule is C=COCCOCCOCCOCCOCCOCCOCCOCCOCCNc1cccc2c1C(=O)N(C1CCC(=O)NC1=O)C2=O. The van der Waals surface area contributed by atoms with Crippen LogP contribution in [0.1, 0.15) is 33.6 Å². The molecule has 3 rings (SSSR count). The number of benzene rings is 1. The van der Waals surface area contributed by atoms with Gasteiger partial charge in [0.1, 0.15) is 12.6 Å². The molecule has 0 radical (unpaired) electrons. The van der Waals surface area contributed by atoms with Gasteiger partial charge in [0.25, 0.3) is 11.8 Å². The van der Waals surface area contributed by atoms with Gasteiger partial charge in [-0.3, -0.25) is 29.4 Å². The molecule has 16 heteroatoms. The van der Waals surface area contributed by atoms with Crippen molar-refractivity contribution in [1.29, 1.82) is 0 Å². The second-order valence-corrected chi connectivity index (χ2v) is 10.5. The molecule has 1 fully saturated rings. The fourth-order valence-electron chi connectivity index (χ4n) is 4.75. The summed E-state index contributed by atoms with van der Waals surface area (Å²) in [5, 5.41) is 5.32. The highest BCUT2D eigenvalue weighted by Gasteiger charge is 2.45. The first-order valence-electron chi connectivity index (χ1n) is 16.5. The van der Waals surface area contributed by atoms with E-state index < -0.39 is 29.7 Å². The van der Waals surface area contributed by atoms with Crippen LogP contribution >= 0.6 is 0 Å². The molecule has 0 bridgehead atoms. The van der Waals surface area contributed by atoms with E-state index in [9.17, 15) is 19.2 Å². The molecule has 1 aromatic rings. The molecule has 1 atom stereocenters. The average molecular weight is 696 g/mol. The highest BCUT2D eigenvalue weighted by molar-refractivity contribution is 6.25. The lowest BCUT2D eigenvalue weighted by molar-refractivity contribution is -0.136. The molecule has 0 saturated carbocycles. The zero-order valence-electron chi connectivity index (χ0n) is 28.0. The quantitative estimate of drug-likeness (QED) is 0.0656. The van der Waals surface area contributed by atoms with E-state index >= 15 is 0 Å². The molecule has 1 saturated heterocycles. The van der Waals surface area contributed by atoms with Gasteiger partial charge in [-0.15, -0.1) is 0 Å². The molecular formula is C33H49N3O13. The van der Waals surface area contributed by atoms with Gasteiger partial charge < -0.3 is 47.9 Å². The minimum atomic E-state index is -1.01. The van der Waals surface area contributed by atoms with E-state index in [1.54, 1.807) is 18.2 Å². The number of hydrogen-bond donors (Lipinski definition) is 2. The molecule has 2 N–H and O–H groups in total. The van der Waals surface area contributed by atoms with E-state index in [1.807, 2.05) is 0 Å². The van der Waals surface area contributed by atoms with Gasteiger partial charge in [0, 0.05) is 18.7 Å². The number of nitrogens with one attached hydrogen (secondary N) is 2. The number of fused-ring (bicyclic) bond motifs is 1. The molecule has 2 aliphatic heterocycles. The standard InChI is InChI=1S/C33H49N3O13/c1-2-41-10-11-43-14-15-45-18-19-47-22-23-49-25-24-48-21-20-46-17-16-44-13-12-42-9-8-34-27-5-3-4-26-30(27)33(40)36(32(26)39)28-6-7-29(37)35-31(28)38/h2-5,28,34H,1,6-25H2,(H,35,37,38). The first-order chi connectivity index (χ1) is 24.0. The molecule has 4 amide bonds. The maximum absolute atomic E-state index is 13.1. The number of imide groups is 2. The monoisotopic (exact) mass is 695 g/mol. The molecule has 0 spiro atoms. The molecule has 274 valence electrons. The van der Waals surface area contributed by atoms with Crippen molar-refractivity contribution in [2.24, 2.45) is 0 Å². The van der Waals surface area contributed by atoms with Crippen molar-refractivity contribution in [3.8, 4) is 0 Å². The summed E-state index contributed by atoms with van der Waals surface area (Å²) in [6, 6.07) is 3.90. The lowest BCUT2D eigenvalue weighted by atomic mass is 10.0. The van der Waals surface area contributed by atoms with Crippen molar-refractivity contribution in [3.63, 3.8) is 0 Å².